The standard InChI is InChI=1S/C15H23N3O/c1-10(2)9-18-13-6-5-11(8-16)7-12(13)17-14(18)15(3,4)19/h5-7,10,19H,8-9,16H2,1-4H3. The highest BCUT2D eigenvalue weighted by atomic mass is 16.3. The number of nitrogens with two attached hydrogens (primary N) is 1. The molecule has 0 aliphatic carbocycles. The second kappa shape index (κ2) is 4.94. The number of aliphatic hydroxyl groups is 1. The molecular weight excluding hydrogens is 238 g/mol. The summed E-state index contributed by atoms with van der Waals surface area (Å²) in [6, 6.07) is 6.07. The first-order valence-electron chi connectivity index (χ1n) is 6.75. The van der Waals surface area contributed by atoms with Crippen molar-refractivity contribution in [1.82, 2.24) is 9.55 Å². The van der Waals surface area contributed by atoms with Crippen LogP contribution >= 0.6 is 0 Å². The smallest absolute Gasteiger partial charge is 0.141 e. The van der Waals surface area contributed by atoms with Crippen LogP contribution in [0.3, 0.4) is 0 Å². The van der Waals surface area contributed by atoms with E-state index in [1.807, 2.05) is 18.2 Å². The Morgan fingerprint density at radius 1 is 1.37 bits per heavy atom. The van der Waals surface area contributed by atoms with Crippen molar-refractivity contribution in [1.29, 1.82) is 0 Å². The molecule has 0 fully saturated rings. The summed E-state index contributed by atoms with van der Waals surface area (Å²) in [4.78, 5) is 4.60. The Hall–Kier alpha value is -1.39. The fourth-order valence-corrected chi connectivity index (χ4v) is 2.32. The zero-order valence-electron chi connectivity index (χ0n) is 12.1. The van der Waals surface area contributed by atoms with Crippen molar-refractivity contribution in [3.05, 3.63) is 29.6 Å². The van der Waals surface area contributed by atoms with E-state index in [-0.39, 0.29) is 0 Å². The van der Waals surface area contributed by atoms with Crippen molar-refractivity contribution >= 4 is 11.0 Å². The van der Waals surface area contributed by atoms with Gasteiger partial charge in [0, 0.05) is 13.1 Å². The molecule has 0 aliphatic rings. The lowest BCUT2D eigenvalue weighted by molar-refractivity contribution is 0.0646. The van der Waals surface area contributed by atoms with E-state index in [0.29, 0.717) is 18.3 Å². The van der Waals surface area contributed by atoms with Crippen molar-refractivity contribution in [2.45, 2.75) is 46.4 Å². The predicted octanol–water partition coefficient (Wildman–Crippen LogP) is 2.38. The van der Waals surface area contributed by atoms with Crippen LogP contribution in [-0.4, -0.2) is 14.7 Å². The Kier molecular flexibility index (Phi) is 3.65. The van der Waals surface area contributed by atoms with Crippen LogP contribution in [0.4, 0.5) is 0 Å². The topological polar surface area (TPSA) is 64.1 Å². The van der Waals surface area contributed by atoms with Gasteiger partial charge in [-0.25, -0.2) is 4.98 Å². The quantitative estimate of drug-likeness (QED) is 0.888. The van der Waals surface area contributed by atoms with E-state index >= 15 is 0 Å². The Labute approximate surface area is 114 Å². The third-order valence-electron chi connectivity index (χ3n) is 3.14. The van der Waals surface area contributed by atoms with E-state index in [0.717, 1.165) is 23.1 Å². The lowest BCUT2D eigenvalue weighted by atomic mass is 10.1. The van der Waals surface area contributed by atoms with Gasteiger partial charge in [-0.05, 0) is 37.5 Å². The largest absolute Gasteiger partial charge is 0.383 e. The Morgan fingerprint density at radius 2 is 2.05 bits per heavy atom. The van der Waals surface area contributed by atoms with Gasteiger partial charge in [-0.15, -0.1) is 0 Å². The number of imidazole rings is 1. The number of rotatable bonds is 4. The number of fused-ring (bicyclic) bond motifs is 1. The van der Waals surface area contributed by atoms with E-state index in [1.54, 1.807) is 13.8 Å². The minimum Gasteiger partial charge on any atom is -0.383 e. The fraction of sp³-hybridized carbons (Fsp3) is 0.533. The van der Waals surface area contributed by atoms with Crippen molar-refractivity contribution in [2.24, 2.45) is 11.7 Å². The van der Waals surface area contributed by atoms with Crippen molar-refractivity contribution in [3.63, 3.8) is 0 Å². The highest BCUT2D eigenvalue weighted by Gasteiger charge is 2.25. The number of nitrogens with zero attached hydrogens (tertiary/aromatic N) is 2. The summed E-state index contributed by atoms with van der Waals surface area (Å²) in [5, 5.41) is 10.3. The fourth-order valence-electron chi connectivity index (χ4n) is 2.32. The lowest BCUT2D eigenvalue weighted by Crippen LogP contribution is -2.23. The number of hydrogen-bond donors (Lipinski definition) is 2. The van der Waals surface area contributed by atoms with E-state index in [1.165, 1.54) is 0 Å². The molecule has 2 rings (SSSR count). The van der Waals surface area contributed by atoms with Gasteiger partial charge in [-0.2, -0.15) is 0 Å². The molecule has 0 saturated heterocycles. The molecule has 1 aromatic carbocycles. The van der Waals surface area contributed by atoms with Crippen LogP contribution in [0.1, 0.15) is 39.1 Å². The molecule has 3 N–H and O–H groups in total. The molecule has 0 radical (unpaired) electrons. The molecule has 4 nitrogen and oxygen atoms in total. The molecule has 1 aromatic heterocycles. The zero-order chi connectivity index (χ0) is 14.2. The number of hydrogen-bond acceptors (Lipinski definition) is 3. The van der Waals surface area contributed by atoms with Gasteiger partial charge in [-0.3, -0.25) is 0 Å². The van der Waals surface area contributed by atoms with E-state index in [4.69, 9.17) is 5.73 Å². The van der Waals surface area contributed by atoms with E-state index in [2.05, 4.69) is 23.4 Å². The highest BCUT2D eigenvalue weighted by Crippen LogP contribution is 2.26. The van der Waals surface area contributed by atoms with Gasteiger partial charge in [0.2, 0.25) is 0 Å². The van der Waals surface area contributed by atoms with Crippen LogP contribution in [0.15, 0.2) is 18.2 Å². The molecule has 0 saturated carbocycles. The van der Waals surface area contributed by atoms with Crippen molar-refractivity contribution in [3.8, 4) is 0 Å². The zero-order valence-corrected chi connectivity index (χ0v) is 12.1. The number of benzene rings is 1. The summed E-state index contributed by atoms with van der Waals surface area (Å²) >= 11 is 0. The second-order valence-electron chi connectivity index (χ2n) is 6.03. The molecule has 0 amide bonds. The van der Waals surface area contributed by atoms with E-state index < -0.39 is 5.60 Å². The molecule has 0 aliphatic heterocycles. The maximum absolute atomic E-state index is 10.3. The Bertz CT molecular complexity index is 579. The van der Waals surface area contributed by atoms with Crippen LogP contribution in [0, 0.1) is 5.92 Å². The average Bonchev–Trinajstić information content (AvgIpc) is 2.66. The highest BCUT2D eigenvalue weighted by molar-refractivity contribution is 5.77. The third kappa shape index (κ3) is 2.80. The summed E-state index contributed by atoms with van der Waals surface area (Å²) < 4.78 is 2.11. The van der Waals surface area contributed by atoms with Crippen LogP contribution in [0.5, 0.6) is 0 Å². The lowest BCUT2D eigenvalue weighted by Gasteiger charge is -2.20. The normalized spacial score (nSPS) is 12.6. The first kappa shape index (κ1) is 14.0. The summed E-state index contributed by atoms with van der Waals surface area (Å²) in [5.41, 5.74) is 7.74. The minimum atomic E-state index is -0.948. The second-order valence-corrected chi connectivity index (χ2v) is 6.03. The molecule has 1 heterocycles. The number of aromatic nitrogens is 2. The van der Waals surface area contributed by atoms with Crippen molar-refractivity contribution < 1.29 is 5.11 Å². The molecule has 0 bridgehead atoms. The maximum atomic E-state index is 10.3. The van der Waals surface area contributed by atoms with Gasteiger partial charge >= 0.3 is 0 Å². The Balaban J connectivity index is 2.65. The van der Waals surface area contributed by atoms with E-state index in [9.17, 15) is 5.11 Å². The summed E-state index contributed by atoms with van der Waals surface area (Å²) in [6.45, 7) is 9.22. The summed E-state index contributed by atoms with van der Waals surface area (Å²) in [6.07, 6.45) is 0. The van der Waals surface area contributed by atoms with Gasteiger partial charge in [0.1, 0.15) is 11.4 Å². The molecule has 0 atom stereocenters. The molecule has 0 spiro atoms. The molecule has 19 heavy (non-hydrogen) atoms. The van der Waals surface area contributed by atoms with Crippen LogP contribution in [-0.2, 0) is 18.7 Å². The first-order valence-corrected chi connectivity index (χ1v) is 6.75. The van der Waals surface area contributed by atoms with Gasteiger partial charge in [0.25, 0.3) is 0 Å². The third-order valence-corrected chi connectivity index (χ3v) is 3.14. The van der Waals surface area contributed by atoms with Crippen molar-refractivity contribution in [2.75, 3.05) is 0 Å². The maximum Gasteiger partial charge on any atom is 0.141 e. The van der Waals surface area contributed by atoms with Gasteiger partial charge in [-0.1, -0.05) is 19.9 Å². The van der Waals surface area contributed by atoms with Crippen LogP contribution < -0.4 is 5.73 Å². The summed E-state index contributed by atoms with van der Waals surface area (Å²) in [5.74, 6) is 1.21. The first-order chi connectivity index (χ1) is 8.82. The molecular formula is C15H23N3O. The SMILES string of the molecule is CC(C)Cn1c(C(C)(C)O)nc2cc(CN)ccc21. The van der Waals surface area contributed by atoms with Gasteiger partial charge < -0.3 is 15.4 Å². The predicted molar refractivity (Wildman–Crippen MR) is 77.7 cm³/mol. The average molecular weight is 261 g/mol. The molecule has 0 unspecified atom stereocenters. The Morgan fingerprint density at radius 3 is 2.58 bits per heavy atom. The molecule has 104 valence electrons. The molecule has 4 heteroatoms. The molecule has 2 aromatic rings. The summed E-state index contributed by atoms with van der Waals surface area (Å²) in [7, 11) is 0. The van der Waals surface area contributed by atoms with Crippen LogP contribution in [0.25, 0.3) is 11.0 Å². The van der Waals surface area contributed by atoms with Crippen LogP contribution in [0.2, 0.25) is 0 Å². The van der Waals surface area contributed by atoms with Gasteiger partial charge in [0.05, 0.1) is 11.0 Å². The van der Waals surface area contributed by atoms with Gasteiger partial charge in [0.15, 0.2) is 0 Å². The monoisotopic (exact) mass is 261 g/mol. The minimum absolute atomic E-state index is 0.493.